The summed E-state index contributed by atoms with van der Waals surface area (Å²) < 4.78 is 0. The molecule has 3 rings (SSSR count). The Morgan fingerprint density at radius 3 is 2.32 bits per heavy atom. The van der Waals surface area contributed by atoms with Crippen molar-refractivity contribution in [2.75, 3.05) is 13.1 Å². The molecule has 1 aliphatic heterocycles. The number of nitro groups is 1. The van der Waals surface area contributed by atoms with Gasteiger partial charge in [-0.3, -0.25) is 10.1 Å². The largest absolute Gasteiger partial charge is 0.334 e. The number of rotatable bonds is 4. The molecule has 2 amide bonds. The zero-order valence-corrected chi connectivity index (χ0v) is 13.9. The van der Waals surface area contributed by atoms with Gasteiger partial charge >= 0.3 is 6.03 Å². The number of nitrogens with one attached hydrogen (secondary N) is 1. The highest BCUT2D eigenvalue weighted by Crippen LogP contribution is 2.27. The maximum Gasteiger partial charge on any atom is 0.317 e. The van der Waals surface area contributed by atoms with Gasteiger partial charge in [0, 0.05) is 31.8 Å². The average Bonchev–Trinajstić information content (AvgIpc) is 2.67. The van der Waals surface area contributed by atoms with Crippen LogP contribution in [0, 0.1) is 10.1 Å². The predicted octanol–water partition coefficient (Wildman–Crippen LogP) is 3.68. The van der Waals surface area contributed by atoms with E-state index in [1.54, 1.807) is 12.1 Å². The third-order valence-corrected chi connectivity index (χ3v) is 4.64. The highest BCUT2D eigenvalue weighted by Gasteiger charge is 2.23. The Morgan fingerprint density at radius 2 is 1.72 bits per heavy atom. The predicted molar refractivity (Wildman–Crippen MR) is 95.3 cm³/mol. The molecule has 0 aliphatic carbocycles. The second-order valence-corrected chi connectivity index (χ2v) is 6.25. The molecule has 6 nitrogen and oxygen atoms in total. The normalized spacial score (nSPS) is 15.0. The summed E-state index contributed by atoms with van der Waals surface area (Å²) in [7, 11) is 0. The molecule has 0 aromatic heterocycles. The number of urea groups is 1. The Labute approximate surface area is 146 Å². The van der Waals surface area contributed by atoms with Crippen molar-refractivity contribution in [1.82, 2.24) is 10.2 Å². The van der Waals surface area contributed by atoms with E-state index in [1.165, 1.54) is 17.7 Å². The average molecular weight is 339 g/mol. The standard InChI is InChI=1S/C19H21N3O3/c23-19(20-14-15-6-8-18(9-7-15)22(24)25)21-12-10-17(11-13-21)16-4-2-1-3-5-16/h1-9,17H,10-14H2,(H,20,23). The minimum atomic E-state index is -0.431. The van der Waals surface area contributed by atoms with Crippen molar-refractivity contribution in [2.24, 2.45) is 0 Å². The van der Waals surface area contributed by atoms with Crippen molar-refractivity contribution in [3.8, 4) is 0 Å². The van der Waals surface area contributed by atoms with Gasteiger partial charge in [0.1, 0.15) is 0 Å². The molecule has 1 N–H and O–H groups in total. The van der Waals surface area contributed by atoms with E-state index in [0.717, 1.165) is 31.5 Å². The van der Waals surface area contributed by atoms with Gasteiger partial charge in [0.15, 0.2) is 0 Å². The van der Waals surface area contributed by atoms with Crippen LogP contribution in [0.3, 0.4) is 0 Å². The molecular weight excluding hydrogens is 318 g/mol. The molecule has 130 valence electrons. The molecule has 25 heavy (non-hydrogen) atoms. The van der Waals surface area contributed by atoms with Gasteiger partial charge in [-0.25, -0.2) is 4.79 Å². The lowest BCUT2D eigenvalue weighted by molar-refractivity contribution is -0.384. The van der Waals surface area contributed by atoms with E-state index in [2.05, 4.69) is 29.6 Å². The quantitative estimate of drug-likeness (QED) is 0.682. The van der Waals surface area contributed by atoms with Crippen molar-refractivity contribution in [3.63, 3.8) is 0 Å². The minimum absolute atomic E-state index is 0.0538. The fraction of sp³-hybridized carbons (Fsp3) is 0.316. The van der Waals surface area contributed by atoms with E-state index in [4.69, 9.17) is 0 Å². The van der Waals surface area contributed by atoms with Crippen LogP contribution in [0.2, 0.25) is 0 Å². The molecular formula is C19H21N3O3. The highest BCUT2D eigenvalue weighted by atomic mass is 16.6. The van der Waals surface area contributed by atoms with Crippen molar-refractivity contribution in [1.29, 1.82) is 0 Å². The molecule has 0 saturated carbocycles. The van der Waals surface area contributed by atoms with E-state index in [1.807, 2.05) is 11.0 Å². The Bertz CT molecular complexity index is 723. The lowest BCUT2D eigenvalue weighted by Gasteiger charge is -2.32. The summed E-state index contributed by atoms with van der Waals surface area (Å²) >= 11 is 0. The second kappa shape index (κ2) is 7.79. The number of amides is 2. The first kappa shape index (κ1) is 17.0. The van der Waals surface area contributed by atoms with Gasteiger partial charge in [0.05, 0.1) is 4.92 Å². The van der Waals surface area contributed by atoms with Gasteiger partial charge in [0.25, 0.3) is 5.69 Å². The number of hydrogen-bond acceptors (Lipinski definition) is 3. The van der Waals surface area contributed by atoms with Crippen LogP contribution < -0.4 is 5.32 Å². The fourth-order valence-corrected chi connectivity index (χ4v) is 3.17. The number of likely N-dealkylation sites (tertiary alicyclic amines) is 1. The summed E-state index contributed by atoms with van der Waals surface area (Å²) in [6, 6.07) is 16.6. The van der Waals surface area contributed by atoms with Crippen molar-refractivity contribution in [2.45, 2.75) is 25.3 Å². The number of non-ortho nitro benzene ring substituents is 1. The first-order valence-electron chi connectivity index (χ1n) is 8.44. The number of benzene rings is 2. The van der Waals surface area contributed by atoms with Crippen LogP contribution in [-0.2, 0) is 6.54 Å². The molecule has 1 aliphatic rings. The first-order valence-corrected chi connectivity index (χ1v) is 8.44. The number of carbonyl (C=O) groups is 1. The third-order valence-electron chi connectivity index (χ3n) is 4.64. The number of nitro benzene ring substituents is 1. The van der Waals surface area contributed by atoms with Crippen LogP contribution in [0.25, 0.3) is 0 Å². The highest BCUT2D eigenvalue weighted by molar-refractivity contribution is 5.74. The number of hydrogen-bond donors (Lipinski definition) is 1. The smallest absolute Gasteiger partial charge is 0.317 e. The first-order chi connectivity index (χ1) is 12.1. The van der Waals surface area contributed by atoms with Crippen molar-refractivity contribution < 1.29 is 9.72 Å². The summed E-state index contributed by atoms with van der Waals surface area (Å²) in [5.74, 6) is 0.514. The molecule has 1 heterocycles. The van der Waals surface area contributed by atoms with Crippen LogP contribution in [0.5, 0.6) is 0 Å². The zero-order chi connectivity index (χ0) is 17.6. The number of piperidine rings is 1. The van der Waals surface area contributed by atoms with E-state index in [0.29, 0.717) is 12.5 Å². The molecule has 1 fully saturated rings. The molecule has 0 bridgehead atoms. The van der Waals surface area contributed by atoms with Crippen LogP contribution in [0.4, 0.5) is 10.5 Å². The van der Waals surface area contributed by atoms with Gasteiger partial charge in [-0.15, -0.1) is 0 Å². The van der Waals surface area contributed by atoms with Crippen LogP contribution in [0.15, 0.2) is 54.6 Å². The number of nitrogens with zero attached hydrogens (tertiary/aromatic N) is 2. The Hall–Kier alpha value is -2.89. The molecule has 2 aromatic carbocycles. The van der Waals surface area contributed by atoms with Crippen LogP contribution >= 0.6 is 0 Å². The third kappa shape index (κ3) is 4.35. The van der Waals surface area contributed by atoms with E-state index >= 15 is 0 Å². The summed E-state index contributed by atoms with van der Waals surface area (Å²) in [5, 5.41) is 13.5. The molecule has 0 spiro atoms. The van der Waals surface area contributed by atoms with E-state index < -0.39 is 4.92 Å². The summed E-state index contributed by atoms with van der Waals surface area (Å²) in [5.41, 5.74) is 2.24. The fourth-order valence-electron chi connectivity index (χ4n) is 3.17. The van der Waals surface area contributed by atoms with Gasteiger partial charge in [-0.2, -0.15) is 0 Å². The van der Waals surface area contributed by atoms with Gasteiger partial charge < -0.3 is 10.2 Å². The van der Waals surface area contributed by atoms with Gasteiger partial charge in [0.2, 0.25) is 0 Å². The van der Waals surface area contributed by atoms with Gasteiger partial charge in [-0.05, 0) is 29.9 Å². The maximum absolute atomic E-state index is 12.3. The maximum atomic E-state index is 12.3. The lowest BCUT2D eigenvalue weighted by Crippen LogP contribution is -2.43. The monoisotopic (exact) mass is 339 g/mol. The summed E-state index contributed by atoms with van der Waals surface area (Å²) in [6.07, 6.45) is 1.93. The Kier molecular flexibility index (Phi) is 5.28. The number of carbonyl (C=O) groups excluding carboxylic acids is 1. The van der Waals surface area contributed by atoms with Crippen molar-refractivity contribution in [3.05, 3.63) is 75.8 Å². The SMILES string of the molecule is O=C(NCc1ccc([N+](=O)[O-])cc1)N1CCC(c2ccccc2)CC1. The molecule has 0 radical (unpaired) electrons. The molecule has 2 aromatic rings. The van der Waals surface area contributed by atoms with Gasteiger partial charge in [-0.1, -0.05) is 42.5 Å². The lowest BCUT2D eigenvalue weighted by atomic mass is 9.90. The van der Waals surface area contributed by atoms with Crippen LogP contribution in [0.1, 0.15) is 29.9 Å². The summed E-state index contributed by atoms with van der Waals surface area (Å²) in [4.78, 5) is 24.3. The Balaban J connectivity index is 1.47. The second-order valence-electron chi connectivity index (χ2n) is 6.25. The van der Waals surface area contributed by atoms with E-state index in [-0.39, 0.29) is 11.7 Å². The van der Waals surface area contributed by atoms with Crippen LogP contribution in [-0.4, -0.2) is 28.9 Å². The topological polar surface area (TPSA) is 75.5 Å². The summed E-state index contributed by atoms with van der Waals surface area (Å²) in [6.45, 7) is 1.85. The van der Waals surface area contributed by atoms with E-state index in [9.17, 15) is 14.9 Å². The Morgan fingerprint density at radius 1 is 1.08 bits per heavy atom. The minimum Gasteiger partial charge on any atom is -0.334 e. The van der Waals surface area contributed by atoms with Crippen molar-refractivity contribution >= 4 is 11.7 Å². The molecule has 0 unspecified atom stereocenters. The molecule has 0 atom stereocenters. The molecule has 6 heteroatoms. The zero-order valence-electron chi connectivity index (χ0n) is 13.9. The molecule has 1 saturated heterocycles.